The van der Waals surface area contributed by atoms with Crippen LogP contribution in [0.5, 0.6) is 11.8 Å². The first-order valence-corrected chi connectivity index (χ1v) is 13.7. The lowest BCUT2D eigenvalue weighted by molar-refractivity contribution is 0.235. The van der Waals surface area contributed by atoms with Crippen molar-refractivity contribution in [1.82, 2.24) is 14.5 Å². The lowest BCUT2D eigenvalue weighted by atomic mass is 10.1. The number of aromatic nitrogens is 2. The fourth-order valence-electron chi connectivity index (χ4n) is 5.09. The first-order valence-electron chi connectivity index (χ1n) is 12.3. The molecule has 10 heteroatoms. The van der Waals surface area contributed by atoms with Gasteiger partial charge >= 0.3 is 0 Å². The largest absolute Gasteiger partial charge is 0.481 e. The van der Waals surface area contributed by atoms with E-state index < -0.39 is 10.0 Å². The Bertz CT molecular complexity index is 1500. The molecule has 0 atom stereocenters. The predicted octanol–water partition coefficient (Wildman–Crippen LogP) is 4.85. The number of para-hydroxylation sites is 1. The van der Waals surface area contributed by atoms with Gasteiger partial charge in [-0.15, -0.1) is 12.4 Å². The quantitative estimate of drug-likeness (QED) is 0.316. The van der Waals surface area contributed by atoms with Gasteiger partial charge in [0.15, 0.2) is 0 Å². The molecule has 0 bridgehead atoms. The van der Waals surface area contributed by atoms with Crippen LogP contribution < -0.4 is 13.8 Å². The van der Waals surface area contributed by atoms with Crippen LogP contribution in [-0.4, -0.2) is 63.3 Å². The van der Waals surface area contributed by atoms with Crippen LogP contribution in [0.15, 0.2) is 59.5 Å². The summed E-state index contributed by atoms with van der Waals surface area (Å²) >= 11 is 0. The molecule has 5 rings (SSSR count). The third-order valence-electron chi connectivity index (χ3n) is 7.03. The van der Waals surface area contributed by atoms with Crippen LogP contribution in [-0.2, 0) is 17.1 Å². The molecule has 1 aliphatic rings. The van der Waals surface area contributed by atoms with Crippen LogP contribution in [0.25, 0.3) is 21.8 Å². The van der Waals surface area contributed by atoms with E-state index in [1.807, 2.05) is 37.4 Å². The van der Waals surface area contributed by atoms with Crippen molar-refractivity contribution in [1.29, 1.82) is 0 Å². The van der Waals surface area contributed by atoms with Gasteiger partial charge in [-0.1, -0.05) is 24.6 Å². The number of likely N-dealkylation sites (tertiary alicyclic amines) is 1. The van der Waals surface area contributed by atoms with Crippen LogP contribution in [0.3, 0.4) is 0 Å². The first-order chi connectivity index (χ1) is 17.4. The molecule has 0 aliphatic carbocycles. The molecular weight excluding hydrogens is 512 g/mol. The Morgan fingerprint density at radius 1 is 0.919 bits per heavy atom. The molecule has 0 spiro atoms. The van der Waals surface area contributed by atoms with Crippen molar-refractivity contribution in [2.24, 2.45) is 7.05 Å². The molecule has 0 N–H and O–H groups in total. The number of anilines is 1. The van der Waals surface area contributed by atoms with Crippen LogP contribution in [0.2, 0.25) is 0 Å². The summed E-state index contributed by atoms with van der Waals surface area (Å²) in [6.45, 7) is 2.88. The van der Waals surface area contributed by atoms with Crippen LogP contribution in [0.4, 0.5) is 5.69 Å². The normalized spacial score (nSPS) is 14.5. The molecule has 3 heterocycles. The Morgan fingerprint density at radius 3 is 2.38 bits per heavy atom. The minimum atomic E-state index is -3.92. The van der Waals surface area contributed by atoms with Crippen molar-refractivity contribution in [3.63, 3.8) is 0 Å². The topological polar surface area (TPSA) is 76.9 Å². The average molecular weight is 545 g/mol. The zero-order valence-electron chi connectivity index (χ0n) is 21.4. The summed E-state index contributed by atoms with van der Waals surface area (Å²) in [7, 11) is 1.08. The second-order valence-corrected chi connectivity index (χ2v) is 11.0. The van der Waals surface area contributed by atoms with Crippen molar-refractivity contribution in [2.75, 3.05) is 44.7 Å². The summed E-state index contributed by atoms with van der Waals surface area (Å²) in [4.78, 5) is 6.92. The van der Waals surface area contributed by atoms with Gasteiger partial charge < -0.3 is 18.9 Å². The Hall–Kier alpha value is -3.01. The molecule has 4 aromatic rings. The van der Waals surface area contributed by atoms with Gasteiger partial charge in [0.1, 0.15) is 5.69 Å². The molecule has 0 saturated carbocycles. The number of sulfonamides is 1. The second kappa shape index (κ2) is 11.2. The standard InChI is InChI=1S/C27H32N4O4S.ClH/c1-29-23-10-6-5-9-21(23)22-19-20(11-12-24(22)29)36(32,33)31(18-17-30-15-7-4-8-16-30)25-13-14-26(34-2)28-27(25)35-3;/h5-6,9-14,19H,4,7-8,15-18H2,1-3H3;1H. The van der Waals surface area contributed by atoms with Crippen LogP contribution in [0.1, 0.15) is 19.3 Å². The van der Waals surface area contributed by atoms with Crippen molar-refractivity contribution in [2.45, 2.75) is 24.2 Å². The molecule has 2 aromatic heterocycles. The van der Waals surface area contributed by atoms with Gasteiger partial charge in [-0.25, -0.2) is 8.42 Å². The number of methoxy groups -OCH3 is 2. The highest BCUT2D eigenvalue weighted by atomic mass is 35.5. The number of benzene rings is 2. The lowest BCUT2D eigenvalue weighted by Crippen LogP contribution is -2.40. The van der Waals surface area contributed by atoms with E-state index in [0.717, 1.165) is 47.7 Å². The summed E-state index contributed by atoms with van der Waals surface area (Å²) in [5.41, 5.74) is 2.44. The zero-order valence-corrected chi connectivity index (χ0v) is 23.0. The molecule has 198 valence electrons. The lowest BCUT2D eigenvalue weighted by Gasteiger charge is -2.31. The molecule has 8 nitrogen and oxygen atoms in total. The number of nitrogens with zero attached hydrogens (tertiary/aromatic N) is 4. The number of fused-ring (bicyclic) bond motifs is 3. The summed E-state index contributed by atoms with van der Waals surface area (Å²) < 4.78 is 42.7. The Kier molecular flexibility index (Phi) is 8.16. The van der Waals surface area contributed by atoms with E-state index in [-0.39, 0.29) is 23.2 Å². The van der Waals surface area contributed by atoms with Gasteiger partial charge in [-0.3, -0.25) is 4.31 Å². The number of hydrogen-bond acceptors (Lipinski definition) is 6. The zero-order chi connectivity index (χ0) is 25.3. The fraction of sp³-hybridized carbons (Fsp3) is 0.370. The SMILES string of the molecule is COc1ccc(N(CCN2CCCCC2)S(=O)(=O)c2ccc3c(c2)c2ccccc2n3C)c(OC)n1.Cl. The van der Waals surface area contributed by atoms with Gasteiger partial charge in [0.25, 0.3) is 10.0 Å². The maximum absolute atomic E-state index is 14.2. The minimum Gasteiger partial charge on any atom is -0.481 e. The molecule has 1 aliphatic heterocycles. The van der Waals surface area contributed by atoms with Crippen LogP contribution in [0, 0.1) is 0 Å². The van der Waals surface area contributed by atoms with Crippen molar-refractivity contribution in [3.8, 4) is 11.8 Å². The highest BCUT2D eigenvalue weighted by Gasteiger charge is 2.30. The number of aryl methyl sites for hydroxylation is 1. The molecule has 0 amide bonds. The Balaban J connectivity index is 0.00000320. The average Bonchev–Trinajstić information content (AvgIpc) is 3.20. The maximum Gasteiger partial charge on any atom is 0.264 e. The summed E-state index contributed by atoms with van der Waals surface area (Å²) in [5.74, 6) is 0.573. The molecule has 1 saturated heterocycles. The van der Waals surface area contributed by atoms with E-state index in [2.05, 4.69) is 14.5 Å². The number of pyridine rings is 1. The molecular formula is C27H33ClN4O4S. The Labute approximate surface area is 224 Å². The summed E-state index contributed by atoms with van der Waals surface area (Å²) in [6, 6.07) is 16.8. The van der Waals surface area contributed by atoms with Gasteiger partial charge in [0.2, 0.25) is 11.8 Å². The number of hydrogen-bond donors (Lipinski definition) is 0. The smallest absolute Gasteiger partial charge is 0.264 e. The molecule has 37 heavy (non-hydrogen) atoms. The van der Waals surface area contributed by atoms with E-state index in [1.54, 1.807) is 24.3 Å². The third kappa shape index (κ3) is 5.08. The predicted molar refractivity (Wildman–Crippen MR) is 150 cm³/mol. The Morgan fingerprint density at radius 2 is 1.65 bits per heavy atom. The van der Waals surface area contributed by atoms with E-state index in [0.29, 0.717) is 24.7 Å². The second-order valence-electron chi connectivity index (χ2n) is 9.12. The number of ether oxygens (including phenoxy) is 2. The molecule has 2 aromatic carbocycles. The van der Waals surface area contributed by atoms with E-state index in [9.17, 15) is 8.42 Å². The fourth-order valence-corrected chi connectivity index (χ4v) is 6.57. The summed E-state index contributed by atoms with van der Waals surface area (Å²) in [6.07, 6.45) is 3.50. The summed E-state index contributed by atoms with van der Waals surface area (Å²) in [5, 5.41) is 1.93. The molecule has 0 unspecified atom stereocenters. The van der Waals surface area contributed by atoms with Crippen molar-refractivity contribution < 1.29 is 17.9 Å². The van der Waals surface area contributed by atoms with Crippen molar-refractivity contribution in [3.05, 3.63) is 54.6 Å². The molecule has 1 fully saturated rings. The van der Waals surface area contributed by atoms with Gasteiger partial charge in [-0.2, -0.15) is 4.98 Å². The van der Waals surface area contributed by atoms with Crippen LogP contribution >= 0.6 is 12.4 Å². The number of piperidine rings is 1. The first kappa shape index (κ1) is 27.0. The minimum absolute atomic E-state index is 0. The third-order valence-corrected chi connectivity index (χ3v) is 8.84. The van der Waals surface area contributed by atoms with Gasteiger partial charge in [0, 0.05) is 48.0 Å². The highest BCUT2D eigenvalue weighted by Crippen LogP contribution is 2.35. The van der Waals surface area contributed by atoms with Crippen molar-refractivity contribution >= 4 is 49.9 Å². The van der Waals surface area contributed by atoms with E-state index >= 15 is 0 Å². The maximum atomic E-state index is 14.2. The highest BCUT2D eigenvalue weighted by molar-refractivity contribution is 7.92. The van der Waals surface area contributed by atoms with Gasteiger partial charge in [0.05, 0.1) is 19.1 Å². The number of rotatable bonds is 8. The molecule has 0 radical (unpaired) electrons. The monoisotopic (exact) mass is 544 g/mol. The van der Waals surface area contributed by atoms with E-state index in [4.69, 9.17) is 9.47 Å². The van der Waals surface area contributed by atoms with E-state index in [1.165, 1.54) is 24.9 Å². The van der Waals surface area contributed by atoms with Gasteiger partial charge in [-0.05, 0) is 56.3 Å². The number of halogens is 1.